The lowest BCUT2D eigenvalue weighted by Gasteiger charge is -2.34. The van der Waals surface area contributed by atoms with E-state index in [2.05, 4.69) is 10.2 Å². The summed E-state index contributed by atoms with van der Waals surface area (Å²) in [6.45, 7) is 2.42. The van der Waals surface area contributed by atoms with Crippen LogP contribution in [0.25, 0.3) is 0 Å². The molecule has 0 atom stereocenters. The summed E-state index contributed by atoms with van der Waals surface area (Å²) in [4.78, 5) is 49.2. The molecule has 1 aromatic heterocycles. The van der Waals surface area contributed by atoms with Crippen LogP contribution in [0.1, 0.15) is 34.1 Å². The van der Waals surface area contributed by atoms with Gasteiger partial charge in [-0.1, -0.05) is 31.2 Å². The van der Waals surface area contributed by atoms with Gasteiger partial charge in [0.2, 0.25) is 5.91 Å². The summed E-state index contributed by atoms with van der Waals surface area (Å²) < 4.78 is 46.3. The van der Waals surface area contributed by atoms with Crippen LogP contribution in [0.15, 0.2) is 59.4 Å². The maximum atomic E-state index is 14.5. The van der Waals surface area contributed by atoms with Crippen LogP contribution in [0.3, 0.4) is 0 Å². The molecule has 1 fully saturated rings. The van der Waals surface area contributed by atoms with Gasteiger partial charge in [0.15, 0.2) is 0 Å². The van der Waals surface area contributed by atoms with E-state index in [1.165, 1.54) is 17.0 Å². The average Bonchev–Trinajstić information content (AvgIpc) is 2.90. The smallest absolute Gasteiger partial charge is 0.475 e. The lowest BCUT2D eigenvalue weighted by Crippen LogP contribution is -2.52. The number of aromatic nitrogens is 2. The predicted molar refractivity (Wildman–Crippen MR) is 132 cm³/mol. The monoisotopic (exact) mass is 548 g/mol. The van der Waals surface area contributed by atoms with Crippen molar-refractivity contribution in [1.29, 1.82) is 0 Å². The van der Waals surface area contributed by atoms with Gasteiger partial charge in [-0.3, -0.25) is 14.4 Å². The van der Waals surface area contributed by atoms with Gasteiger partial charge in [0.05, 0.1) is 11.3 Å². The van der Waals surface area contributed by atoms with E-state index in [1.807, 2.05) is 37.3 Å². The first-order valence-electron chi connectivity index (χ1n) is 11.7. The Bertz CT molecular complexity index is 1410. The van der Waals surface area contributed by atoms with Gasteiger partial charge in [0.25, 0.3) is 11.5 Å². The van der Waals surface area contributed by atoms with Crippen LogP contribution in [-0.4, -0.2) is 63.8 Å². The second-order valence-corrected chi connectivity index (χ2v) is 8.47. The van der Waals surface area contributed by atoms with Crippen LogP contribution in [0.4, 0.5) is 23.2 Å². The van der Waals surface area contributed by atoms with Crippen molar-refractivity contribution in [2.24, 2.45) is 0 Å². The van der Waals surface area contributed by atoms with Crippen molar-refractivity contribution in [3.63, 3.8) is 0 Å². The van der Waals surface area contributed by atoms with Gasteiger partial charge in [-0.05, 0) is 42.3 Å². The van der Waals surface area contributed by atoms with Crippen LogP contribution in [0.5, 0.6) is 0 Å². The van der Waals surface area contributed by atoms with Gasteiger partial charge in [-0.25, -0.2) is 14.3 Å². The molecule has 0 aliphatic carbocycles. The minimum Gasteiger partial charge on any atom is -0.475 e. The molecule has 1 aliphatic heterocycles. The van der Waals surface area contributed by atoms with Crippen molar-refractivity contribution in [1.82, 2.24) is 15.1 Å². The van der Waals surface area contributed by atoms with Gasteiger partial charge in [0.1, 0.15) is 12.4 Å². The number of carboxylic acid groups (broad SMARTS) is 1. The third-order valence-electron chi connectivity index (χ3n) is 5.78. The molecule has 206 valence electrons. The van der Waals surface area contributed by atoms with E-state index >= 15 is 0 Å². The van der Waals surface area contributed by atoms with Crippen LogP contribution in [0.2, 0.25) is 0 Å². The number of piperazine rings is 1. The largest absolute Gasteiger partial charge is 0.490 e. The van der Waals surface area contributed by atoms with Crippen molar-refractivity contribution in [3.8, 4) is 0 Å². The van der Waals surface area contributed by atoms with E-state index in [4.69, 9.17) is 9.90 Å². The van der Waals surface area contributed by atoms with Crippen molar-refractivity contribution >= 4 is 23.5 Å². The number of amides is 2. The molecule has 0 radical (unpaired) electrons. The van der Waals surface area contributed by atoms with Crippen molar-refractivity contribution in [2.75, 3.05) is 24.5 Å². The molecular formula is C26H24F4N4O5. The number of anilines is 1. The molecule has 2 heterocycles. The molecule has 1 aliphatic rings. The summed E-state index contributed by atoms with van der Waals surface area (Å²) in [5.41, 5.74) is 2.39. The highest BCUT2D eigenvalue weighted by Gasteiger charge is 2.38. The summed E-state index contributed by atoms with van der Waals surface area (Å²) >= 11 is 0. The Kier molecular flexibility index (Phi) is 9.17. The number of aliphatic carboxylic acids is 1. The quantitative estimate of drug-likeness (QED) is 0.472. The summed E-state index contributed by atoms with van der Waals surface area (Å²) in [6, 6.07) is 15.3. The number of benzene rings is 2. The molecule has 0 unspecified atom stereocenters. The molecule has 9 nitrogen and oxygen atoms in total. The molecule has 4 rings (SSSR count). The number of nitrogens with zero attached hydrogens (tertiary/aromatic N) is 3. The molecule has 39 heavy (non-hydrogen) atoms. The Labute approximate surface area is 219 Å². The SMILES string of the molecule is CCc1cc(Cc2ccc(F)c(C(=O)N3CCN(c4ccccc4)C(=O)C3)c2)n[nH]c1=O.O=C(O)C(F)(F)F. The number of nitrogens with one attached hydrogen (secondary N) is 1. The molecule has 0 spiro atoms. The standard InChI is InChI=1S/C24H23FN4O3.C2HF3O2/c1-2-17-14-18(26-27-23(17)31)12-16-8-9-21(25)20(13-16)24(32)28-10-11-29(22(30)15-28)19-6-4-3-5-7-19;3-2(4,5)1(6)7/h3-9,13-14H,2,10-12,15H2,1H3,(H,27,31);(H,6,7). The predicted octanol–water partition coefficient (Wildman–Crippen LogP) is 3.18. The normalized spacial score (nSPS) is 13.5. The molecule has 1 saturated heterocycles. The van der Waals surface area contributed by atoms with Crippen LogP contribution in [0, 0.1) is 5.82 Å². The fourth-order valence-electron chi connectivity index (χ4n) is 3.80. The number of aromatic amines is 1. The van der Waals surface area contributed by atoms with Gasteiger partial charge in [-0.2, -0.15) is 18.3 Å². The first-order valence-corrected chi connectivity index (χ1v) is 11.7. The minimum absolute atomic E-state index is 0.0800. The number of carboxylic acids is 1. The number of alkyl halides is 3. The van der Waals surface area contributed by atoms with E-state index in [0.717, 1.165) is 5.69 Å². The van der Waals surface area contributed by atoms with E-state index in [1.54, 1.807) is 17.0 Å². The van der Waals surface area contributed by atoms with Crippen molar-refractivity contribution in [3.05, 3.63) is 93.2 Å². The van der Waals surface area contributed by atoms with Crippen LogP contribution >= 0.6 is 0 Å². The number of rotatable bonds is 5. The molecule has 2 N–H and O–H groups in total. The number of para-hydroxylation sites is 1. The number of hydrogen-bond donors (Lipinski definition) is 2. The summed E-state index contributed by atoms with van der Waals surface area (Å²) in [6.07, 6.45) is -4.17. The van der Waals surface area contributed by atoms with E-state index < -0.39 is 23.9 Å². The minimum atomic E-state index is -5.08. The zero-order valence-corrected chi connectivity index (χ0v) is 20.7. The fraction of sp³-hybridized carbons (Fsp3) is 0.269. The lowest BCUT2D eigenvalue weighted by molar-refractivity contribution is -0.192. The zero-order valence-electron chi connectivity index (χ0n) is 20.7. The van der Waals surface area contributed by atoms with Gasteiger partial charge in [-0.15, -0.1) is 0 Å². The van der Waals surface area contributed by atoms with E-state index in [0.29, 0.717) is 42.8 Å². The third kappa shape index (κ3) is 7.49. The number of aryl methyl sites for hydroxylation is 1. The fourth-order valence-corrected chi connectivity index (χ4v) is 3.80. The molecule has 0 bridgehead atoms. The highest BCUT2D eigenvalue weighted by atomic mass is 19.4. The highest BCUT2D eigenvalue weighted by Crippen LogP contribution is 2.20. The molecule has 2 aromatic carbocycles. The maximum Gasteiger partial charge on any atom is 0.490 e. The molecule has 2 amide bonds. The molecule has 3 aromatic rings. The highest BCUT2D eigenvalue weighted by molar-refractivity contribution is 6.01. The van der Waals surface area contributed by atoms with E-state index in [-0.39, 0.29) is 23.6 Å². The Hall–Kier alpha value is -4.55. The van der Waals surface area contributed by atoms with Crippen LogP contribution < -0.4 is 10.5 Å². The Morgan fingerprint density at radius 1 is 1.05 bits per heavy atom. The number of halogens is 4. The van der Waals surface area contributed by atoms with Gasteiger partial charge in [0, 0.05) is 30.8 Å². The second-order valence-electron chi connectivity index (χ2n) is 8.47. The first-order chi connectivity index (χ1) is 18.4. The molecular weight excluding hydrogens is 524 g/mol. The third-order valence-corrected chi connectivity index (χ3v) is 5.78. The summed E-state index contributed by atoms with van der Waals surface area (Å²) in [5, 5.41) is 13.6. The average molecular weight is 548 g/mol. The molecule has 0 saturated carbocycles. The summed E-state index contributed by atoms with van der Waals surface area (Å²) in [5.74, 6) is -4.13. The number of H-pyrrole nitrogens is 1. The van der Waals surface area contributed by atoms with E-state index in [9.17, 15) is 31.9 Å². The Balaban J connectivity index is 0.000000532. The first kappa shape index (κ1) is 29.0. The maximum absolute atomic E-state index is 14.5. The number of hydrogen-bond acceptors (Lipinski definition) is 5. The van der Waals surface area contributed by atoms with Gasteiger partial charge < -0.3 is 14.9 Å². The Morgan fingerprint density at radius 3 is 2.31 bits per heavy atom. The van der Waals surface area contributed by atoms with Crippen molar-refractivity contribution < 1.29 is 37.1 Å². The lowest BCUT2D eigenvalue weighted by atomic mass is 10.0. The number of carbonyl (C=O) groups is 3. The van der Waals surface area contributed by atoms with Crippen LogP contribution in [-0.2, 0) is 22.4 Å². The topological polar surface area (TPSA) is 124 Å². The zero-order chi connectivity index (χ0) is 28.7. The van der Waals surface area contributed by atoms with Crippen molar-refractivity contribution in [2.45, 2.75) is 25.9 Å². The van der Waals surface area contributed by atoms with Gasteiger partial charge >= 0.3 is 12.1 Å². The summed E-state index contributed by atoms with van der Waals surface area (Å²) in [7, 11) is 0. The Morgan fingerprint density at radius 2 is 1.72 bits per heavy atom. The number of carbonyl (C=O) groups excluding carboxylic acids is 2. The second kappa shape index (κ2) is 12.3. The molecule has 13 heteroatoms.